The Balaban J connectivity index is 2.38. The van der Waals surface area contributed by atoms with Gasteiger partial charge in [0.05, 0.1) is 5.69 Å². The molecule has 0 radical (unpaired) electrons. The summed E-state index contributed by atoms with van der Waals surface area (Å²) in [5.74, 6) is 1.64. The molecule has 2 N–H and O–H groups in total. The summed E-state index contributed by atoms with van der Waals surface area (Å²) in [5.41, 5.74) is 9.38. The predicted octanol–water partition coefficient (Wildman–Crippen LogP) is 2.72. The molecule has 2 aromatic rings. The lowest BCUT2D eigenvalue weighted by Crippen LogP contribution is -1.94. The van der Waals surface area contributed by atoms with Gasteiger partial charge in [-0.1, -0.05) is 0 Å². The normalized spacial score (nSPS) is 10.6. The third kappa shape index (κ3) is 2.11. The topological polar surface area (TPSA) is 53.1 Å². The van der Waals surface area contributed by atoms with Gasteiger partial charge in [-0.05, 0) is 44.5 Å². The van der Waals surface area contributed by atoms with Crippen LogP contribution in [0.4, 0.5) is 5.69 Å². The number of nitrogen functional groups attached to an aromatic ring is 1. The van der Waals surface area contributed by atoms with Gasteiger partial charge in [-0.3, -0.25) is 4.68 Å². The largest absolute Gasteiger partial charge is 0.453 e. The maximum atomic E-state index is 5.91. The molecule has 2 rings (SSSR count). The standard InChI is InChI=1S/C13H17N3O/c1-8-7-11(14)5-6-12(8)17-13-9(2)15-16(4)10(13)3/h5-7H,14H2,1-4H3. The molecule has 0 aliphatic heterocycles. The lowest BCUT2D eigenvalue weighted by molar-refractivity contribution is 0.470. The van der Waals surface area contributed by atoms with Gasteiger partial charge >= 0.3 is 0 Å². The van der Waals surface area contributed by atoms with Gasteiger partial charge in [0.25, 0.3) is 0 Å². The Morgan fingerprint density at radius 3 is 2.47 bits per heavy atom. The summed E-state index contributed by atoms with van der Waals surface area (Å²) in [5, 5.41) is 4.32. The third-order valence-electron chi connectivity index (χ3n) is 2.85. The molecule has 0 aliphatic rings. The van der Waals surface area contributed by atoms with Crippen molar-refractivity contribution in [3.63, 3.8) is 0 Å². The SMILES string of the molecule is Cc1cc(N)ccc1Oc1c(C)nn(C)c1C. The third-order valence-corrected chi connectivity index (χ3v) is 2.85. The molecule has 0 saturated carbocycles. The summed E-state index contributed by atoms with van der Waals surface area (Å²) in [6.45, 7) is 5.91. The summed E-state index contributed by atoms with van der Waals surface area (Å²) in [4.78, 5) is 0. The minimum absolute atomic E-state index is 0.745. The van der Waals surface area contributed by atoms with Crippen molar-refractivity contribution in [2.75, 3.05) is 5.73 Å². The fourth-order valence-corrected chi connectivity index (χ4v) is 1.80. The number of nitrogens with two attached hydrogens (primary N) is 1. The first-order chi connectivity index (χ1) is 7.99. The number of anilines is 1. The van der Waals surface area contributed by atoms with Crippen molar-refractivity contribution in [1.82, 2.24) is 9.78 Å². The van der Waals surface area contributed by atoms with Crippen LogP contribution in [0.2, 0.25) is 0 Å². The zero-order valence-electron chi connectivity index (χ0n) is 10.6. The number of nitrogens with zero attached hydrogens (tertiary/aromatic N) is 2. The lowest BCUT2D eigenvalue weighted by atomic mass is 10.2. The van der Waals surface area contributed by atoms with Crippen LogP contribution in [0.3, 0.4) is 0 Å². The number of ether oxygens (including phenoxy) is 1. The van der Waals surface area contributed by atoms with Crippen molar-refractivity contribution in [1.29, 1.82) is 0 Å². The van der Waals surface area contributed by atoms with Crippen LogP contribution in [-0.2, 0) is 7.05 Å². The molecule has 4 nitrogen and oxygen atoms in total. The van der Waals surface area contributed by atoms with E-state index in [1.165, 1.54) is 0 Å². The molecule has 0 fully saturated rings. The summed E-state index contributed by atoms with van der Waals surface area (Å²) >= 11 is 0. The molecule has 90 valence electrons. The van der Waals surface area contributed by atoms with Crippen LogP contribution in [0.25, 0.3) is 0 Å². The molecular weight excluding hydrogens is 214 g/mol. The Morgan fingerprint density at radius 1 is 1.24 bits per heavy atom. The molecule has 1 aromatic heterocycles. The van der Waals surface area contributed by atoms with Crippen LogP contribution in [-0.4, -0.2) is 9.78 Å². The Kier molecular flexibility index (Phi) is 2.79. The number of benzene rings is 1. The van der Waals surface area contributed by atoms with Gasteiger partial charge in [0.1, 0.15) is 11.4 Å². The number of aromatic nitrogens is 2. The second-order valence-corrected chi connectivity index (χ2v) is 4.25. The maximum Gasteiger partial charge on any atom is 0.171 e. The van der Waals surface area contributed by atoms with Gasteiger partial charge in [0.2, 0.25) is 0 Å². The van der Waals surface area contributed by atoms with Gasteiger partial charge < -0.3 is 10.5 Å². The molecule has 0 amide bonds. The number of rotatable bonds is 2. The number of hydrogen-bond acceptors (Lipinski definition) is 3. The van der Waals surface area contributed by atoms with Crippen LogP contribution in [0, 0.1) is 20.8 Å². The molecule has 0 unspecified atom stereocenters. The zero-order chi connectivity index (χ0) is 12.6. The summed E-state index contributed by atoms with van der Waals surface area (Å²) in [6, 6.07) is 5.62. The van der Waals surface area contributed by atoms with Crippen molar-refractivity contribution in [2.45, 2.75) is 20.8 Å². The quantitative estimate of drug-likeness (QED) is 0.808. The van der Waals surface area contributed by atoms with Crippen molar-refractivity contribution in [3.8, 4) is 11.5 Å². The van der Waals surface area contributed by atoms with Crippen LogP contribution < -0.4 is 10.5 Å². The first kappa shape index (κ1) is 11.5. The minimum Gasteiger partial charge on any atom is -0.453 e. The van der Waals surface area contributed by atoms with E-state index in [1.807, 2.05) is 50.7 Å². The van der Waals surface area contributed by atoms with Crippen LogP contribution >= 0.6 is 0 Å². The van der Waals surface area contributed by atoms with Crippen molar-refractivity contribution < 1.29 is 4.74 Å². The molecule has 1 aromatic carbocycles. The van der Waals surface area contributed by atoms with E-state index in [0.717, 1.165) is 34.1 Å². The molecule has 0 atom stereocenters. The van der Waals surface area contributed by atoms with E-state index >= 15 is 0 Å². The van der Waals surface area contributed by atoms with Gasteiger partial charge in [0, 0.05) is 12.7 Å². The summed E-state index contributed by atoms with van der Waals surface area (Å²) in [7, 11) is 1.91. The molecule has 0 spiro atoms. The second kappa shape index (κ2) is 4.13. The van der Waals surface area contributed by atoms with E-state index in [2.05, 4.69) is 5.10 Å². The van der Waals surface area contributed by atoms with Crippen molar-refractivity contribution in [2.24, 2.45) is 7.05 Å². The molecule has 17 heavy (non-hydrogen) atoms. The first-order valence-corrected chi connectivity index (χ1v) is 5.53. The molecule has 4 heteroatoms. The minimum atomic E-state index is 0.745. The van der Waals surface area contributed by atoms with Gasteiger partial charge in [-0.25, -0.2) is 0 Å². The fourth-order valence-electron chi connectivity index (χ4n) is 1.80. The van der Waals surface area contributed by atoms with E-state index in [-0.39, 0.29) is 0 Å². The van der Waals surface area contributed by atoms with Gasteiger partial charge in [0.15, 0.2) is 5.75 Å². The highest BCUT2D eigenvalue weighted by atomic mass is 16.5. The summed E-state index contributed by atoms with van der Waals surface area (Å²) < 4.78 is 7.72. The highest BCUT2D eigenvalue weighted by molar-refractivity contribution is 5.49. The first-order valence-electron chi connectivity index (χ1n) is 5.53. The fraction of sp³-hybridized carbons (Fsp3) is 0.308. The second-order valence-electron chi connectivity index (χ2n) is 4.25. The molecule has 0 aliphatic carbocycles. The lowest BCUT2D eigenvalue weighted by Gasteiger charge is -2.09. The Labute approximate surface area is 101 Å². The summed E-state index contributed by atoms with van der Waals surface area (Å²) in [6.07, 6.45) is 0. The van der Waals surface area contributed by atoms with Crippen molar-refractivity contribution in [3.05, 3.63) is 35.2 Å². The Hall–Kier alpha value is -1.97. The van der Waals surface area contributed by atoms with E-state index in [0.29, 0.717) is 0 Å². The smallest absolute Gasteiger partial charge is 0.171 e. The monoisotopic (exact) mass is 231 g/mol. The van der Waals surface area contributed by atoms with E-state index in [1.54, 1.807) is 0 Å². The van der Waals surface area contributed by atoms with Crippen molar-refractivity contribution >= 4 is 5.69 Å². The molecule has 0 saturated heterocycles. The van der Waals surface area contributed by atoms with E-state index in [4.69, 9.17) is 10.5 Å². The van der Waals surface area contributed by atoms with Crippen LogP contribution in [0.5, 0.6) is 11.5 Å². The highest BCUT2D eigenvalue weighted by Gasteiger charge is 2.12. The van der Waals surface area contributed by atoms with Gasteiger partial charge in [-0.2, -0.15) is 5.10 Å². The van der Waals surface area contributed by atoms with E-state index in [9.17, 15) is 0 Å². The van der Waals surface area contributed by atoms with Crippen LogP contribution in [0.15, 0.2) is 18.2 Å². The zero-order valence-corrected chi connectivity index (χ0v) is 10.6. The number of aryl methyl sites for hydroxylation is 3. The van der Waals surface area contributed by atoms with E-state index < -0.39 is 0 Å². The van der Waals surface area contributed by atoms with Gasteiger partial charge in [-0.15, -0.1) is 0 Å². The Morgan fingerprint density at radius 2 is 1.94 bits per heavy atom. The van der Waals surface area contributed by atoms with Crippen LogP contribution in [0.1, 0.15) is 17.0 Å². The molecule has 0 bridgehead atoms. The average Bonchev–Trinajstić information content (AvgIpc) is 2.48. The predicted molar refractivity (Wildman–Crippen MR) is 68.3 cm³/mol. The average molecular weight is 231 g/mol. The Bertz CT molecular complexity index is 558. The number of hydrogen-bond donors (Lipinski definition) is 1. The molecular formula is C13H17N3O. The molecule has 1 heterocycles. The highest BCUT2D eigenvalue weighted by Crippen LogP contribution is 2.30. The maximum absolute atomic E-state index is 5.91.